The first kappa shape index (κ1) is 66.0. The molecule has 0 aliphatic carbocycles. The fourth-order valence-electron chi connectivity index (χ4n) is 7.18. The van der Waals surface area contributed by atoms with Crippen LogP contribution in [0.15, 0.2) is 0 Å². The lowest BCUT2D eigenvalue weighted by atomic mass is 10.0. The summed E-state index contributed by atoms with van der Waals surface area (Å²) >= 11 is 9.67. The molecule has 0 radical (unpaired) electrons. The van der Waals surface area contributed by atoms with E-state index >= 15 is 0 Å². The van der Waals surface area contributed by atoms with Gasteiger partial charge in [0.05, 0.1) is 6.61 Å². The second-order valence-corrected chi connectivity index (χ2v) is 20.9. The van der Waals surface area contributed by atoms with E-state index in [9.17, 15) is 14.4 Å². The van der Waals surface area contributed by atoms with Crippen LogP contribution >= 0.6 is 47.8 Å². The number of unbranched alkanes of at least 4 members (excludes halogenated alkanes) is 33. The molecule has 62 heavy (non-hydrogen) atoms. The number of alkyl halides is 3. The number of carbonyl (C=O) groups excluding carboxylic acids is 1. The molecule has 0 aromatic rings. The summed E-state index contributed by atoms with van der Waals surface area (Å²) in [5.74, 6) is -1.82. The molecule has 4 unspecified atom stereocenters. The van der Waals surface area contributed by atoms with Crippen LogP contribution in [0.2, 0.25) is 0 Å². The molecule has 0 aromatic heterocycles. The highest BCUT2D eigenvalue weighted by Gasteiger charge is 2.17. The summed E-state index contributed by atoms with van der Waals surface area (Å²) in [5.41, 5.74) is 0. The Morgan fingerprint density at radius 3 is 0.806 bits per heavy atom. The molecule has 0 bridgehead atoms. The average Bonchev–Trinajstić information content (AvgIpc) is 3.26. The number of aliphatic hydroxyl groups is 2. The lowest BCUT2D eigenvalue weighted by molar-refractivity contribution is -0.146. The number of ether oxygens (including phenoxy) is 1. The SMILES string of the molecule is CCCCCCCCCCCCCCC(Br)C(=O)O.CCCCCCCCCCCCCCC(Br)C(=O)O.CCCCCCCCCCCCCCC(Br)C(=O)OCC(O)CO. The van der Waals surface area contributed by atoms with Gasteiger partial charge < -0.3 is 25.2 Å². The monoisotopic (exact) mass is 1080 g/mol. The standard InChI is InChI=1S/C19H37BrO4.2C16H31BrO2/c1-2-3-4-5-6-7-8-9-10-11-12-13-14-18(20)19(23)24-16-17(22)15-21;2*1-2-3-4-5-6-7-8-9-10-11-12-13-14-15(17)16(18)19/h17-18,21-22H,2-16H2,1H3;2*15H,2-14H2,1H3,(H,18,19). The first-order valence-electron chi connectivity index (χ1n) is 25.8. The van der Waals surface area contributed by atoms with Gasteiger partial charge in [-0.15, -0.1) is 0 Å². The summed E-state index contributed by atoms with van der Waals surface area (Å²) in [4.78, 5) is 31.8. The van der Waals surface area contributed by atoms with Crippen molar-refractivity contribution in [1.82, 2.24) is 0 Å². The van der Waals surface area contributed by atoms with Crippen LogP contribution in [0.25, 0.3) is 0 Å². The number of rotatable bonds is 45. The smallest absolute Gasteiger partial charge is 0.319 e. The Labute approximate surface area is 407 Å². The van der Waals surface area contributed by atoms with E-state index in [1.807, 2.05) is 0 Å². The molecule has 0 aliphatic heterocycles. The predicted octanol–water partition coefficient (Wildman–Crippen LogP) is 16.6. The van der Waals surface area contributed by atoms with Crippen molar-refractivity contribution in [3.05, 3.63) is 0 Å². The molecule has 0 rings (SSSR count). The Morgan fingerprint density at radius 1 is 0.387 bits per heavy atom. The van der Waals surface area contributed by atoms with Gasteiger partial charge >= 0.3 is 17.9 Å². The Morgan fingerprint density at radius 2 is 0.597 bits per heavy atom. The van der Waals surface area contributed by atoms with Gasteiger partial charge in [-0.2, -0.15) is 0 Å². The van der Waals surface area contributed by atoms with Gasteiger partial charge in [-0.25, -0.2) is 0 Å². The van der Waals surface area contributed by atoms with E-state index < -0.39 is 18.0 Å². The van der Waals surface area contributed by atoms with Crippen molar-refractivity contribution in [3.63, 3.8) is 0 Å². The van der Waals surface area contributed by atoms with Gasteiger partial charge in [-0.05, 0) is 19.3 Å². The highest BCUT2D eigenvalue weighted by molar-refractivity contribution is 9.10. The zero-order chi connectivity index (χ0) is 46.7. The summed E-state index contributed by atoms with van der Waals surface area (Å²) in [6.07, 6.45) is 48.6. The third-order valence-corrected chi connectivity index (χ3v) is 13.9. The van der Waals surface area contributed by atoms with Crippen LogP contribution in [0.1, 0.15) is 271 Å². The van der Waals surface area contributed by atoms with Crippen LogP contribution in [-0.2, 0) is 19.1 Å². The molecule has 0 saturated carbocycles. The third-order valence-electron chi connectivity index (χ3n) is 11.4. The minimum absolute atomic E-state index is 0.143. The van der Waals surface area contributed by atoms with Crippen LogP contribution in [0.4, 0.5) is 0 Å². The van der Waals surface area contributed by atoms with E-state index in [1.54, 1.807) is 0 Å². The van der Waals surface area contributed by atoms with Crippen LogP contribution < -0.4 is 0 Å². The number of carboxylic acids is 2. The summed E-state index contributed by atoms with van der Waals surface area (Å²) < 4.78 is 4.92. The van der Waals surface area contributed by atoms with Crippen molar-refractivity contribution >= 4 is 65.7 Å². The van der Waals surface area contributed by atoms with Gasteiger partial charge in [0.15, 0.2) is 0 Å². The molecule has 11 heteroatoms. The first-order valence-corrected chi connectivity index (χ1v) is 28.6. The highest BCUT2D eigenvalue weighted by atomic mass is 79.9. The fourth-order valence-corrected chi connectivity index (χ4v) is 8.28. The lowest BCUT2D eigenvalue weighted by Gasteiger charge is -2.12. The van der Waals surface area contributed by atoms with E-state index in [4.69, 9.17) is 25.2 Å². The number of carboxylic acid groups (broad SMARTS) is 2. The molecule has 0 saturated heterocycles. The molecule has 372 valence electrons. The normalized spacial score (nSPS) is 13.0. The molecule has 0 heterocycles. The van der Waals surface area contributed by atoms with Crippen molar-refractivity contribution in [2.75, 3.05) is 13.2 Å². The summed E-state index contributed by atoms with van der Waals surface area (Å²) in [6, 6.07) is 0. The summed E-state index contributed by atoms with van der Waals surface area (Å²) in [7, 11) is 0. The van der Waals surface area contributed by atoms with E-state index in [2.05, 4.69) is 68.6 Å². The minimum atomic E-state index is -0.986. The Kier molecular flexibility index (Phi) is 58.7. The molecule has 4 N–H and O–H groups in total. The van der Waals surface area contributed by atoms with Gasteiger partial charge in [0, 0.05) is 0 Å². The average molecular weight is 1080 g/mol. The Balaban J connectivity index is -0.000000851. The zero-order valence-electron chi connectivity index (χ0n) is 40.4. The number of carbonyl (C=O) groups is 3. The van der Waals surface area contributed by atoms with Gasteiger partial charge in [-0.1, -0.05) is 300 Å². The van der Waals surface area contributed by atoms with Crippen molar-refractivity contribution < 1.29 is 39.5 Å². The largest absolute Gasteiger partial charge is 0.480 e. The minimum Gasteiger partial charge on any atom is -0.480 e. The zero-order valence-corrected chi connectivity index (χ0v) is 45.1. The topological polar surface area (TPSA) is 141 Å². The fraction of sp³-hybridized carbons (Fsp3) is 0.941. The number of aliphatic carboxylic acids is 2. The van der Waals surface area contributed by atoms with Crippen molar-refractivity contribution in [2.45, 2.75) is 292 Å². The molecule has 0 spiro atoms. The first-order chi connectivity index (χ1) is 30.0. The lowest BCUT2D eigenvalue weighted by Crippen LogP contribution is -2.25. The molecule has 4 atom stereocenters. The maximum absolute atomic E-state index is 11.6. The number of hydrogen-bond acceptors (Lipinski definition) is 6. The molecule has 0 aliphatic rings. The van der Waals surface area contributed by atoms with E-state index in [-0.39, 0.29) is 33.7 Å². The van der Waals surface area contributed by atoms with Crippen LogP contribution in [0, 0.1) is 0 Å². The molecule has 0 aromatic carbocycles. The Hall–Kier alpha value is -0.230. The highest BCUT2D eigenvalue weighted by Crippen LogP contribution is 2.18. The van der Waals surface area contributed by atoms with Crippen LogP contribution in [0.3, 0.4) is 0 Å². The second kappa shape index (κ2) is 55.1. The maximum Gasteiger partial charge on any atom is 0.319 e. The van der Waals surface area contributed by atoms with Gasteiger partial charge in [0.1, 0.15) is 27.2 Å². The molecular formula is C51H99Br3O8. The molecule has 8 nitrogen and oxygen atoms in total. The van der Waals surface area contributed by atoms with Gasteiger partial charge in [0.25, 0.3) is 0 Å². The second-order valence-electron chi connectivity index (χ2n) is 17.6. The quantitative estimate of drug-likeness (QED) is 0.0268. The molecule has 0 amide bonds. The van der Waals surface area contributed by atoms with E-state index in [0.29, 0.717) is 0 Å². The summed E-state index contributed by atoms with van der Waals surface area (Å²) in [6.45, 7) is 6.24. The maximum atomic E-state index is 11.6. The number of halogens is 3. The molecule has 0 fully saturated rings. The van der Waals surface area contributed by atoms with Crippen LogP contribution in [-0.4, -0.2) is 72.1 Å². The predicted molar refractivity (Wildman–Crippen MR) is 275 cm³/mol. The van der Waals surface area contributed by atoms with Gasteiger partial charge in [-0.3, -0.25) is 14.4 Å². The van der Waals surface area contributed by atoms with E-state index in [0.717, 1.165) is 44.9 Å². The number of hydrogen-bond donors (Lipinski definition) is 4. The van der Waals surface area contributed by atoms with Crippen molar-refractivity contribution in [2.24, 2.45) is 0 Å². The summed E-state index contributed by atoms with van der Waals surface area (Å²) in [5, 5.41) is 35.2. The third kappa shape index (κ3) is 55.9. The Bertz CT molecular complexity index is 884. The number of esters is 1. The van der Waals surface area contributed by atoms with Crippen LogP contribution in [0.5, 0.6) is 0 Å². The number of aliphatic hydroxyl groups excluding tert-OH is 2. The van der Waals surface area contributed by atoms with Gasteiger partial charge in [0.2, 0.25) is 0 Å². The molecular weight excluding hydrogens is 980 g/mol. The van der Waals surface area contributed by atoms with E-state index in [1.165, 1.54) is 205 Å². The van der Waals surface area contributed by atoms with Crippen molar-refractivity contribution in [1.29, 1.82) is 0 Å². The van der Waals surface area contributed by atoms with Crippen molar-refractivity contribution in [3.8, 4) is 0 Å².